The third-order valence-electron chi connectivity index (χ3n) is 2.70. The molecule has 2 aliphatic rings. The Morgan fingerprint density at radius 2 is 2.42 bits per heavy atom. The van der Waals surface area contributed by atoms with Gasteiger partial charge >= 0.3 is 0 Å². The van der Waals surface area contributed by atoms with Crippen molar-refractivity contribution in [3.8, 4) is 0 Å². The molecule has 1 unspecified atom stereocenters. The second-order valence-electron chi connectivity index (χ2n) is 3.68. The molecule has 1 aliphatic carbocycles. The van der Waals surface area contributed by atoms with Crippen LogP contribution in [-0.4, -0.2) is 28.7 Å². The van der Waals surface area contributed by atoms with Gasteiger partial charge in [-0.05, 0) is 25.5 Å². The minimum absolute atomic E-state index is 0.0207. The third kappa shape index (κ3) is 0.807. The number of ether oxygens (including phenoxy) is 1. The number of carbonyl (C=O) groups excluding carboxylic acids is 1. The van der Waals surface area contributed by atoms with Crippen LogP contribution < -0.4 is 0 Å². The van der Waals surface area contributed by atoms with Crippen LogP contribution in [0.15, 0.2) is 11.6 Å². The second-order valence-corrected chi connectivity index (χ2v) is 3.68. The minimum atomic E-state index is -1.00. The molecule has 0 saturated carbocycles. The number of hydrogen-bond acceptors (Lipinski definition) is 3. The first kappa shape index (κ1) is 7.95. The van der Waals surface area contributed by atoms with Crippen LogP contribution in [0.5, 0.6) is 0 Å². The van der Waals surface area contributed by atoms with Crippen molar-refractivity contribution < 1.29 is 14.6 Å². The normalized spacial score (nSPS) is 46.2. The van der Waals surface area contributed by atoms with E-state index < -0.39 is 11.7 Å². The molecule has 1 heterocycles. The molecule has 1 fully saturated rings. The van der Waals surface area contributed by atoms with Crippen LogP contribution in [0.3, 0.4) is 0 Å². The minimum Gasteiger partial charge on any atom is -0.382 e. The zero-order valence-corrected chi connectivity index (χ0v) is 7.20. The summed E-state index contributed by atoms with van der Waals surface area (Å²) < 4.78 is 5.32. The van der Waals surface area contributed by atoms with E-state index in [2.05, 4.69) is 0 Å². The Bertz CT molecular complexity index is 269. The molecule has 2 rings (SSSR count). The van der Waals surface area contributed by atoms with E-state index in [9.17, 15) is 9.90 Å². The SMILES string of the molecule is CC1=CC(=O)[C@@H]2OC(C)C[C@]12O. The van der Waals surface area contributed by atoms with Gasteiger partial charge in [-0.25, -0.2) is 0 Å². The van der Waals surface area contributed by atoms with Crippen LogP contribution >= 0.6 is 0 Å². The highest BCUT2D eigenvalue weighted by Crippen LogP contribution is 2.40. The fraction of sp³-hybridized carbons (Fsp3) is 0.667. The van der Waals surface area contributed by atoms with E-state index in [0.717, 1.165) is 5.57 Å². The molecule has 3 atom stereocenters. The highest BCUT2D eigenvalue weighted by atomic mass is 16.5. The number of carbonyl (C=O) groups is 1. The van der Waals surface area contributed by atoms with Gasteiger partial charge < -0.3 is 9.84 Å². The van der Waals surface area contributed by atoms with Crippen molar-refractivity contribution in [2.75, 3.05) is 0 Å². The first-order valence-electron chi connectivity index (χ1n) is 4.14. The van der Waals surface area contributed by atoms with Gasteiger partial charge in [-0.1, -0.05) is 0 Å². The van der Waals surface area contributed by atoms with Crippen LogP contribution in [0.25, 0.3) is 0 Å². The van der Waals surface area contributed by atoms with Crippen molar-refractivity contribution in [3.63, 3.8) is 0 Å². The highest BCUT2D eigenvalue weighted by Gasteiger charge is 2.53. The molecule has 3 heteroatoms. The van der Waals surface area contributed by atoms with Gasteiger partial charge in [0.25, 0.3) is 0 Å². The lowest BCUT2D eigenvalue weighted by molar-refractivity contribution is -0.129. The number of fused-ring (bicyclic) bond motifs is 1. The average molecular weight is 168 g/mol. The largest absolute Gasteiger partial charge is 0.382 e. The summed E-state index contributed by atoms with van der Waals surface area (Å²) in [6.07, 6.45) is 1.36. The maximum atomic E-state index is 11.3. The lowest BCUT2D eigenvalue weighted by Gasteiger charge is -2.21. The standard InChI is InChI=1S/C9H12O3/c1-5-3-7(10)8-9(5,11)4-6(2)12-8/h3,6,8,11H,4H2,1-2H3/t6?,8-,9-/m0/s1. The number of ketones is 1. The number of aliphatic hydroxyl groups is 1. The lowest BCUT2D eigenvalue weighted by Crippen LogP contribution is -2.38. The topological polar surface area (TPSA) is 46.5 Å². The summed E-state index contributed by atoms with van der Waals surface area (Å²) in [4.78, 5) is 11.3. The van der Waals surface area contributed by atoms with Crippen molar-refractivity contribution in [1.29, 1.82) is 0 Å². The number of rotatable bonds is 0. The van der Waals surface area contributed by atoms with Gasteiger partial charge in [0.05, 0.1) is 6.10 Å². The molecule has 66 valence electrons. The molecule has 0 aromatic rings. The van der Waals surface area contributed by atoms with E-state index in [4.69, 9.17) is 4.74 Å². The molecule has 0 aromatic carbocycles. The third-order valence-corrected chi connectivity index (χ3v) is 2.70. The van der Waals surface area contributed by atoms with Gasteiger partial charge in [-0.3, -0.25) is 4.79 Å². The molecular formula is C9H12O3. The van der Waals surface area contributed by atoms with Crippen molar-refractivity contribution in [2.45, 2.75) is 38.1 Å². The smallest absolute Gasteiger partial charge is 0.187 e. The Morgan fingerprint density at radius 3 is 3.00 bits per heavy atom. The highest BCUT2D eigenvalue weighted by molar-refractivity contribution is 5.99. The van der Waals surface area contributed by atoms with E-state index in [1.165, 1.54) is 6.08 Å². The molecule has 0 bridgehead atoms. The first-order valence-corrected chi connectivity index (χ1v) is 4.14. The summed E-state index contributed by atoms with van der Waals surface area (Å²) in [5, 5.41) is 10.0. The molecule has 1 N–H and O–H groups in total. The van der Waals surface area contributed by atoms with E-state index >= 15 is 0 Å². The molecular weight excluding hydrogens is 156 g/mol. The van der Waals surface area contributed by atoms with Gasteiger partial charge in [-0.2, -0.15) is 0 Å². The van der Waals surface area contributed by atoms with E-state index in [1.54, 1.807) is 6.92 Å². The molecule has 1 aliphatic heterocycles. The summed E-state index contributed by atoms with van der Waals surface area (Å²) in [6, 6.07) is 0. The van der Waals surface area contributed by atoms with Crippen molar-refractivity contribution in [1.82, 2.24) is 0 Å². The van der Waals surface area contributed by atoms with Crippen molar-refractivity contribution in [2.24, 2.45) is 0 Å². The maximum absolute atomic E-state index is 11.3. The van der Waals surface area contributed by atoms with Crippen LogP contribution in [0.1, 0.15) is 20.3 Å². The van der Waals surface area contributed by atoms with Gasteiger partial charge in [0.1, 0.15) is 5.60 Å². The van der Waals surface area contributed by atoms with Crippen LogP contribution in [0.4, 0.5) is 0 Å². The molecule has 0 aromatic heterocycles. The predicted molar refractivity (Wildman–Crippen MR) is 42.7 cm³/mol. The van der Waals surface area contributed by atoms with Crippen molar-refractivity contribution >= 4 is 5.78 Å². The Kier molecular flexibility index (Phi) is 1.44. The quantitative estimate of drug-likeness (QED) is 0.570. The zero-order chi connectivity index (χ0) is 8.93. The van der Waals surface area contributed by atoms with Gasteiger partial charge in [0, 0.05) is 6.42 Å². The van der Waals surface area contributed by atoms with Crippen LogP contribution in [0, 0.1) is 0 Å². The van der Waals surface area contributed by atoms with Gasteiger partial charge in [0.2, 0.25) is 0 Å². The fourth-order valence-corrected chi connectivity index (χ4v) is 2.02. The average Bonchev–Trinajstić information content (AvgIpc) is 2.34. The maximum Gasteiger partial charge on any atom is 0.187 e. The lowest BCUT2D eigenvalue weighted by atomic mass is 9.91. The van der Waals surface area contributed by atoms with Gasteiger partial charge in [0.15, 0.2) is 11.9 Å². The Hall–Kier alpha value is -0.670. The molecule has 0 amide bonds. The fourth-order valence-electron chi connectivity index (χ4n) is 2.02. The zero-order valence-electron chi connectivity index (χ0n) is 7.20. The summed E-state index contributed by atoms with van der Waals surface area (Å²) >= 11 is 0. The Balaban J connectivity index is 2.38. The van der Waals surface area contributed by atoms with Gasteiger partial charge in [-0.15, -0.1) is 0 Å². The summed E-state index contributed by atoms with van der Waals surface area (Å²) in [6.45, 7) is 3.65. The van der Waals surface area contributed by atoms with Crippen LogP contribution in [0.2, 0.25) is 0 Å². The Labute approximate surface area is 71.0 Å². The molecule has 0 spiro atoms. The molecule has 1 saturated heterocycles. The predicted octanol–water partition coefficient (Wildman–Crippen LogP) is 0.424. The van der Waals surface area contributed by atoms with Crippen LogP contribution in [-0.2, 0) is 9.53 Å². The summed E-state index contributed by atoms with van der Waals surface area (Å²) in [5.74, 6) is -0.0978. The van der Waals surface area contributed by atoms with E-state index in [0.29, 0.717) is 6.42 Å². The first-order chi connectivity index (χ1) is 5.54. The van der Waals surface area contributed by atoms with Crippen molar-refractivity contribution in [3.05, 3.63) is 11.6 Å². The molecule has 3 nitrogen and oxygen atoms in total. The number of hydrogen-bond donors (Lipinski definition) is 1. The molecule has 12 heavy (non-hydrogen) atoms. The second kappa shape index (κ2) is 2.18. The Morgan fingerprint density at radius 1 is 1.75 bits per heavy atom. The van der Waals surface area contributed by atoms with E-state index in [-0.39, 0.29) is 11.9 Å². The monoisotopic (exact) mass is 168 g/mol. The molecule has 0 radical (unpaired) electrons. The summed E-state index contributed by atoms with van der Waals surface area (Å²) in [7, 11) is 0. The van der Waals surface area contributed by atoms with E-state index in [1.807, 2.05) is 6.92 Å². The summed E-state index contributed by atoms with van der Waals surface area (Å²) in [5.41, 5.74) is -0.266.